The maximum Gasteiger partial charge on any atom is 0.332 e. The molecular weight excluding hydrogens is 410 g/mol. The van der Waals surface area contributed by atoms with Gasteiger partial charge < -0.3 is 10.1 Å². The van der Waals surface area contributed by atoms with Crippen molar-refractivity contribution in [1.82, 2.24) is 24.4 Å². The highest BCUT2D eigenvalue weighted by Gasteiger charge is 2.19. The molecule has 0 bridgehead atoms. The maximum absolute atomic E-state index is 12.8. The first-order chi connectivity index (χ1) is 14.4. The molecule has 156 valence electrons. The van der Waals surface area contributed by atoms with Gasteiger partial charge in [-0.05, 0) is 37.1 Å². The fourth-order valence-corrected chi connectivity index (χ4v) is 3.52. The van der Waals surface area contributed by atoms with E-state index in [4.69, 9.17) is 16.3 Å². The van der Waals surface area contributed by atoms with Gasteiger partial charge in [-0.1, -0.05) is 11.6 Å². The quantitative estimate of drug-likeness (QED) is 0.650. The Hall–Kier alpha value is -3.04. The van der Waals surface area contributed by atoms with Crippen LogP contribution in [-0.4, -0.2) is 44.3 Å². The van der Waals surface area contributed by atoms with Crippen LogP contribution in [0.5, 0.6) is 0 Å². The molecule has 1 saturated heterocycles. The summed E-state index contributed by atoms with van der Waals surface area (Å²) in [6.07, 6.45) is 3.19. The number of amides is 1. The second kappa shape index (κ2) is 8.37. The van der Waals surface area contributed by atoms with Gasteiger partial charge in [-0.3, -0.25) is 18.7 Å². The standard InChI is InChI=1S/C20H20ClN5O4/c1-25-18-15(10-23-17(24-18)12-4-6-13(21)7-5-12)19(28)26(20(25)29)11-16(27)22-9-14-3-2-8-30-14/h4-7,10,14H,2-3,8-9,11H2,1H3,(H,22,27). The average Bonchev–Trinajstić information content (AvgIpc) is 3.27. The number of nitrogens with zero attached hydrogens (tertiary/aromatic N) is 4. The third-order valence-electron chi connectivity index (χ3n) is 5.03. The number of fused-ring (bicyclic) bond motifs is 1. The molecule has 1 fully saturated rings. The third-order valence-corrected chi connectivity index (χ3v) is 5.29. The van der Waals surface area contributed by atoms with Gasteiger partial charge in [0.25, 0.3) is 5.56 Å². The first kappa shape index (κ1) is 20.2. The van der Waals surface area contributed by atoms with Crippen LogP contribution in [0.25, 0.3) is 22.4 Å². The second-order valence-corrected chi connectivity index (χ2v) is 7.55. The normalized spacial score (nSPS) is 16.1. The predicted octanol–water partition coefficient (Wildman–Crippen LogP) is 1.11. The Bertz CT molecular complexity index is 1210. The van der Waals surface area contributed by atoms with E-state index in [-0.39, 0.29) is 23.7 Å². The molecule has 30 heavy (non-hydrogen) atoms. The summed E-state index contributed by atoms with van der Waals surface area (Å²) in [4.78, 5) is 46.5. The van der Waals surface area contributed by atoms with Gasteiger partial charge in [0.2, 0.25) is 5.91 Å². The number of nitrogens with one attached hydrogen (secondary N) is 1. The predicted molar refractivity (Wildman–Crippen MR) is 111 cm³/mol. The largest absolute Gasteiger partial charge is 0.376 e. The molecular formula is C20H20ClN5O4. The number of benzene rings is 1. The number of aryl methyl sites for hydroxylation is 1. The van der Waals surface area contributed by atoms with E-state index in [0.717, 1.165) is 17.4 Å². The molecule has 1 atom stereocenters. The van der Waals surface area contributed by atoms with Gasteiger partial charge in [-0.15, -0.1) is 0 Å². The summed E-state index contributed by atoms with van der Waals surface area (Å²) in [7, 11) is 1.50. The van der Waals surface area contributed by atoms with Crippen molar-refractivity contribution in [1.29, 1.82) is 0 Å². The van der Waals surface area contributed by atoms with E-state index in [9.17, 15) is 14.4 Å². The summed E-state index contributed by atoms with van der Waals surface area (Å²) in [5.74, 6) is -0.0663. The average molecular weight is 430 g/mol. The van der Waals surface area contributed by atoms with Crippen LogP contribution in [0.2, 0.25) is 5.02 Å². The first-order valence-electron chi connectivity index (χ1n) is 9.55. The highest BCUT2D eigenvalue weighted by Crippen LogP contribution is 2.19. The van der Waals surface area contributed by atoms with E-state index in [1.54, 1.807) is 24.3 Å². The summed E-state index contributed by atoms with van der Waals surface area (Å²) in [5.41, 5.74) is -0.337. The highest BCUT2D eigenvalue weighted by molar-refractivity contribution is 6.30. The molecule has 1 aliphatic rings. The van der Waals surface area contributed by atoms with Crippen LogP contribution in [0.3, 0.4) is 0 Å². The third kappa shape index (κ3) is 3.99. The minimum absolute atomic E-state index is 0.0233. The van der Waals surface area contributed by atoms with E-state index in [0.29, 0.717) is 29.6 Å². The van der Waals surface area contributed by atoms with Crippen molar-refractivity contribution in [3.63, 3.8) is 0 Å². The molecule has 1 unspecified atom stereocenters. The van der Waals surface area contributed by atoms with E-state index >= 15 is 0 Å². The Morgan fingerprint density at radius 3 is 2.77 bits per heavy atom. The Morgan fingerprint density at radius 1 is 1.30 bits per heavy atom. The van der Waals surface area contributed by atoms with E-state index in [1.165, 1.54) is 17.8 Å². The zero-order chi connectivity index (χ0) is 21.3. The molecule has 0 spiro atoms. The maximum atomic E-state index is 12.8. The minimum Gasteiger partial charge on any atom is -0.376 e. The zero-order valence-electron chi connectivity index (χ0n) is 16.3. The number of carbonyl (C=O) groups is 1. The van der Waals surface area contributed by atoms with E-state index in [1.807, 2.05) is 0 Å². The monoisotopic (exact) mass is 429 g/mol. The van der Waals surface area contributed by atoms with Crippen LogP contribution in [-0.2, 0) is 23.1 Å². The van der Waals surface area contributed by atoms with Crippen molar-refractivity contribution in [2.45, 2.75) is 25.5 Å². The summed E-state index contributed by atoms with van der Waals surface area (Å²) < 4.78 is 7.59. The van der Waals surface area contributed by atoms with Crippen LogP contribution >= 0.6 is 11.6 Å². The van der Waals surface area contributed by atoms with Gasteiger partial charge in [-0.2, -0.15) is 0 Å². The Labute approximate surface area is 176 Å². The van der Waals surface area contributed by atoms with E-state index < -0.39 is 17.2 Å². The van der Waals surface area contributed by atoms with Crippen molar-refractivity contribution in [3.05, 3.63) is 56.3 Å². The molecule has 1 amide bonds. The topological polar surface area (TPSA) is 108 Å². The lowest BCUT2D eigenvalue weighted by molar-refractivity contribution is -0.122. The Balaban J connectivity index is 1.64. The number of halogens is 1. The lowest BCUT2D eigenvalue weighted by atomic mass is 10.2. The Kier molecular flexibility index (Phi) is 5.65. The van der Waals surface area contributed by atoms with Gasteiger partial charge >= 0.3 is 5.69 Å². The van der Waals surface area contributed by atoms with Crippen LogP contribution in [0, 0.1) is 0 Å². The molecule has 1 aliphatic heterocycles. The molecule has 1 N–H and O–H groups in total. The molecule has 4 rings (SSSR count). The lowest BCUT2D eigenvalue weighted by Crippen LogP contribution is -2.44. The molecule has 3 aromatic rings. The SMILES string of the molecule is Cn1c(=O)n(CC(=O)NCC2CCCO2)c(=O)c2cnc(-c3ccc(Cl)cc3)nc21. The van der Waals surface area contributed by atoms with E-state index in [2.05, 4.69) is 15.3 Å². The number of hydrogen-bond acceptors (Lipinski definition) is 6. The summed E-state index contributed by atoms with van der Waals surface area (Å²) >= 11 is 5.91. The summed E-state index contributed by atoms with van der Waals surface area (Å²) in [6.45, 7) is 0.658. The molecule has 1 aromatic carbocycles. The minimum atomic E-state index is -0.625. The van der Waals surface area contributed by atoms with Gasteiger partial charge in [0.05, 0.1) is 6.10 Å². The number of rotatable bonds is 5. The summed E-state index contributed by atoms with van der Waals surface area (Å²) in [5, 5.41) is 3.45. The van der Waals surface area contributed by atoms with Gasteiger partial charge in [-0.25, -0.2) is 14.8 Å². The van der Waals surface area contributed by atoms with Crippen LogP contribution in [0.4, 0.5) is 0 Å². The first-order valence-corrected chi connectivity index (χ1v) is 9.92. The van der Waals surface area contributed by atoms with Crippen molar-refractivity contribution < 1.29 is 9.53 Å². The molecule has 0 saturated carbocycles. The highest BCUT2D eigenvalue weighted by atomic mass is 35.5. The Morgan fingerprint density at radius 2 is 2.07 bits per heavy atom. The fraction of sp³-hybridized carbons (Fsp3) is 0.350. The van der Waals surface area contributed by atoms with Crippen LogP contribution in [0.1, 0.15) is 12.8 Å². The second-order valence-electron chi connectivity index (χ2n) is 7.11. The molecule has 2 aromatic heterocycles. The fourth-order valence-electron chi connectivity index (χ4n) is 3.39. The van der Waals surface area contributed by atoms with Crippen molar-refractivity contribution in [2.75, 3.05) is 13.2 Å². The molecule has 10 heteroatoms. The van der Waals surface area contributed by atoms with Gasteiger partial charge in [0, 0.05) is 37.0 Å². The zero-order valence-corrected chi connectivity index (χ0v) is 17.1. The van der Waals surface area contributed by atoms with Gasteiger partial charge in [0.1, 0.15) is 11.9 Å². The molecule has 9 nitrogen and oxygen atoms in total. The molecule has 0 aliphatic carbocycles. The summed E-state index contributed by atoms with van der Waals surface area (Å²) in [6, 6.07) is 6.91. The van der Waals surface area contributed by atoms with Crippen molar-refractivity contribution >= 4 is 28.5 Å². The van der Waals surface area contributed by atoms with Gasteiger partial charge in [0.15, 0.2) is 11.5 Å². The number of hydrogen-bond donors (Lipinski definition) is 1. The van der Waals surface area contributed by atoms with Crippen molar-refractivity contribution in [3.8, 4) is 11.4 Å². The smallest absolute Gasteiger partial charge is 0.332 e. The lowest BCUT2D eigenvalue weighted by Gasteiger charge is -2.13. The van der Waals surface area contributed by atoms with Crippen molar-refractivity contribution in [2.24, 2.45) is 7.05 Å². The molecule has 3 heterocycles. The number of aromatic nitrogens is 4. The molecule has 0 radical (unpaired) electrons. The number of ether oxygens (including phenoxy) is 1. The number of carbonyl (C=O) groups excluding carboxylic acids is 1. The van der Waals surface area contributed by atoms with Crippen LogP contribution < -0.4 is 16.6 Å². The van der Waals surface area contributed by atoms with Crippen LogP contribution in [0.15, 0.2) is 40.1 Å².